The second-order valence-corrected chi connectivity index (χ2v) is 5.60. The summed E-state index contributed by atoms with van der Waals surface area (Å²) in [6.45, 7) is 1.63. The molecule has 0 fully saturated rings. The summed E-state index contributed by atoms with van der Waals surface area (Å²) < 4.78 is 4.75. The lowest BCUT2D eigenvalue weighted by molar-refractivity contribution is -0.141. The van der Waals surface area contributed by atoms with E-state index in [9.17, 15) is 14.4 Å². The monoisotopic (exact) mass is 370 g/mol. The Balaban J connectivity index is 2.01. The molecule has 0 aliphatic rings. The molecular weight excluding hydrogens is 348 g/mol. The normalized spacial score (nSPS) is 11.1. The van der Waals surface area contributed by atoms with Crippen molar-refractivity contribution in [1.82, 2.24) is 15.6 Å². The molecule has 27 heavy (non-hydrogen) atoms. The zero-order valence-corrected chi connectivity index (χ0v) is 15.0. The van der Waals surface area contributed by atoms with Gasteiger partial charge in [0.15, 0.2) is 0 Å². The van der Waals surface area contributed by atoms with E-state index in [2.05, 4.69) is 20.9 Å². The molecule has 1 unspecified atom stereocenters. The molecule has 1 atom stereocenters. The number of amides is 3. The Labute approximate surface area is 157 Å². The van der Waals surface area contributed by atoms with Crippen LogP contribution in [0.2, 0.25) is 0 Å². The highest BCUT2D eigenvalue weighted by Crippen LogP contribution is 2.08. The fourth-order valence-corrected chi connectivity index (χ4v) is 2.30. The molecule has 0 bridgehead atoms. The summed E-state index contributed by atoms with van der Waals surface area (Å²) >= 11 is 0. The number of rotatable bonds is 8. The Morgan fingerprint density at radius 2 is 1.78 bits per heavy atom. The number of pyridine rings is 1. The predicted octanol–water partition coefficient (Wildman–Crippen LogP) is 1.49. The van der Waals surface area contributed by atoms with Gasteiger partial charge in [0, 0.05) is 24.5 Å². The van der Waals surface area contributed by atoms with Gasteiger partial charge in [-0.3, -0.25) is 14.6 Å². The molecule has 3 N–H and O–H groups in total. The van der Waals surface area contributed by atoms with Gasteiger partial charge in [-0.1, -0.05) is 30.3 Å². The number of urea groups is 1. The van der Waals surface area contributed by atoms with Gasteiger partial charge in [0.25, 0.3) is 0 Å². The van der Waals surface area contributed by atoms with Crippen molar-refractivity contribution in [3.63, 3.8) is 0 Å². The van der Waals surface area contributed by atoms with Crippen LogP contribution >= 0.6 is 0 Å². The lowest BCUT2D eigenvalue weighted by Crippen LogP contribution is -2.50. The van der Waals surface area contributed by atoms with Crippen molar-refractivity contribution in [1.29, 1.82) is 0 Å². The average molecular weight is 370 g/mol. The molecule has 0 saturated heterocycles. The number of aromatic nitrogens is 1. The summed E-state index contributed by atoms with van der Waals surface area (Å²) in [6.07, 6.45) is 3.41. The molecule has 0 aliphatic heterocycles. The van der Waals surface area contributed by atoms with E-state index in [0.29, 0.717) is 12.1 Å². The Morgan fingerprint density at radius 1 is 1.07 bits per heavy atom. The van der Waals surface area contributed by atoms with Gasteiger partial charge in [-0.2, -0.15) is 0 Å². The number of esters is 1. The van der Waals surface area contributed by atoms with Crippen LogP contribution in [0.5, 0.6) is 0 Å². The highest BCUT2D eigenvalue weighted by Gasteiger charge is 2.21. The minimum Gasteiger partial charge on any atom is -0.465 e. The summed E-state index contributed by atoms with van der Waals surface area (Å²) in [5.74, 6) is -0.926. The molecule has 0 spiro atoms. The molecule has 2 aromatic rings. The molecule has 1 heterocycles. The molecule has 1 aromatic heterocycles. The SMILES string of the molecule is CCOC(=O)CNC(=O)NC(Cc1ccccc1)C(=O)Nc1ccncc1. The summed E-state index contributed by atoms with van der Waals surface area (Å²) in [7, 11) is 0. The van der Waals surface area contributed by atoms with E-state index in [1.165, 1.54) is 0 Å². The molecule has 0 saturated carbocycles. The van der Waals surface area contributed by atoms with E-state index < -0.39 is 18.0 Å². The van der Waals surface area contributed by atoms with E-state index in [-0.39, 0.29) is 19.1 Å². The third kappa shape index (κ3) is 7.15. The van der Waals surface area contributed by atoms with Gasteiger partial charge >= 0.3 is 12.0 Å². The predicted molar refractivity (Wildman–Crippen MR) is 100.0 cm³/mol. The van der Waals surface area contributed by atoms with Gasteiger partial charge in [-0.05, 0) is 24.6 Å². The van der Waals surface area contributed by atoms with Gasteiger partial charge in [-0.25, -0.2) is 4.79 Å². The Hall–Kier alpha value is -3.42. The van der Waals surface area contributed by atoms with Crippen molar-refractivity contribution in [2.45, 2.75) is 19.4 Å². The largest absolute Gasteiger partial charge is 0.465 e. The quantitative estimate of drug-likeness (QED) is 0.610. The van der Waals surface area contributed by atoms with Crippen LogP contribution in [-0.2, 0) is 20.7 Å². The van der Waals surface area contributed by atoms with Gasteiger partial charge in [0.1, 0.15) is 12.6 Å². The smallest absolute Gasteiger partial charge is 0.325 e. The maximum Gasteiger partial charge on any atom is 0.325 e. The topological polar surface area (TPSA) is 109 Å². The Kier molecular flexibility index (Phi) is 7.77. The van der Waals surface area contributed by atoms with Crippen molar-refractivity contribution in [3.05, 3.63) is 60.4 Å². The van der Waals surface area contributed by atoms with Gasteiger partial charge < -0.3 is 20.7 Å². The summed E-state index contributed by atoms with van der Waals surface area (Å²) in [6, 6.07) is 11.2. The summed E-state index contributed by atoms with van der Waals surface area (Å²) in [4.78, 5) is 40.0. The number of carbonyl (C=O) groups excluding carboxylic acids is 3. The van der Waals surface area contributed by atoms with Crippen molar-refractivity contribution in [2.24, 2.45) is 0 Å². The van der Waals surface area contributed by atoms with Gasteiger partial charge in [0.05, 0.1) is 6.61 Å². The standard InChI is InChI=1S/C19H22N4O4/c1-2-27-17(24)13-21-19(26)23-16(12-14-6-4-3-5-7-14)18(25)22-15-8-10-20-11-9-15/h3-11,16H,2,12-13H2,1H3,(H,20,22,25)(H2,21,23,26). The van der Waals surface area contributed by atoms with E-state index in [4.69, 9.17) is 4.74 Å². The number of carbonyl (C=O) groups is 3. The van der Waals surface area contributed by atoms with E-state index in [1.54, 1.807) is 31.5 Å². The highest BCUT2D eigenvalue weighted by atomic mass is 16.5. The third-order valence-electron chi connectivity index (χ3n) is 3.55. The second kappa shape index (κ2) is 10.5. The molecule has 1 aromatic carbocycles. The Bertz CT molecular complexity index is 753. The van der Waals surface area contributed by atoms with Crippen molar-refractivity contribution < 1.29 is 19.1 Å². The molecule has 8 nitrogen and oxygen atoms in total. The van der Waals surface area contributed by atoms with Crippen LogP contribution in [0.1, 0.15) is 12.5 Å². The lowest BCUT2D eigenvalue weighted by Gasteiger charge is -2.19. The molecular formula is C19H22N4O4. The summed E-state index contributed by atoms with van der Waals surface area (Å²) in [5.41, 5.74) is 1.46. The van der Waals surface area contributed by atoms with Crippen molar-refractivity contribution in [3.8, 4) is 0 Å². The first-order chi connectivity index (χ1) is 13.1. The van der Waals surface area contributed by atoms with Crippen LogP contribution in [0, 0.1) is 0 Å². The fraction of sp³-hybridized carbons (Fsp3) is 0.263. The number of nitrogens with one attached hydrogen (secondary N) is 3. The molecule has 0 radical (unpaired) electrons. The van der Waals surface area contributed by atoms with E-state index in [1.807, 2.05) is 30.3 Å². The van der Waals surface area contributed by atoms with Crippen LogP contribution in [0.4, 0.5) is 10.5 Å². The molecule has 2 rings (SSSR count). The molecule has 0 aliphatic carbocycles. The number of hydrogen-bond donors (Lipinski definition) is 3. The third-order valence-corrected chi connectivity index (χ3v) is 3.55. The van der Waals surface area contributed by atoms with Crippen molar-refractivity contribution >= 4 is 23.6 Å². The van der Waals surface area contributed by atoms with Gasteiger partial charge in [0.2, 0.25) is 5.91 Å². The average Bonchev–Trinajstić information content (AvgIpc) is 2.68. The maximum atomic E-state index is 12.6. The van der Waals surface area contributed by atoms with E-state index >= 15 is 0 Å². The molecule has 142 valence electrons. The fourth-order valence-electron chi connectivity index (χ4n) is 2.30. The number of anilines is 1. The van der Waals surface area contributed by atoms with Gasteiger partial charge in [-0.15, -0.1) is 0 Å². The van der Waals surface area contributed by atoms with Crippen LogP contribution in [0.3, 0.4) is 0 Å². The number of ether oxygens (including phenoxy) is 1. The Morgan fingerprint density at radius 3 is 2.44 bits per heavy atom. The molecule has 3 amide bonds. The number of hydrogen-bond acceptors (Lipinski definition) is 5. The first-order valence-electron chi connectivity index (χ1n) is 8.53. The van der Waals surface area contributed by atoms with E-state index in [0.717, 1.165) is 5.56 Å². The van der Waals surface area contributed by atoms with Crippen molar-refractivity contribution in [2.75, 3.05) is 18.5 Å². The van der Waals surface area contributed by atoms with Crippen LogP contribution in [-0.4, -0.2) is 42.1 Å². The van der Waals surface area contributed by atoms with Crippen LogP contribution in [0.15, 0.2) is 54.9 Å². The first-order valence-corrected chi connectivity index (χ1v) is 8.53. The lowest BCUT2D eigenvalue weighted by atomic mass is 10.1. The minimum absolute atomic E-state index is 0.229. The number of nitrogens with zero attached hydrogens (tertiary/aromatic N) is 1. The zero-order chi connectivity index (χ0) is 19.5. The maximum absolute atomic E-state index is 12.6. The zero-order valence-electron chi connectivity index (χ0n) is 15.0. The van der Waals surface area contributed by atoms with Crippen LogP contribution < -0.4 is 16.0 Å². The number of benzene rings is 1. The second-order valence-electron chi connectivity index (χ2n) is 5.60. The summed E-state index contributed by atoms with van der Waals surface area (Å²) in [5, 5.41) is 7.72. The minimum atomic E-state index is -0.831. The molecule has 8 heteroatoms. The highest BCUT2D eigenvalue weighted by molar-refractivity contribution is 5.97. The van der Waals surface area contributed by atoms with Crippen LogP contribution in [0.25, 0.3) is 0 Å². The first kappa shape index (κ1) is 19.9.